The Hall–Kier alpha value is -0.591. The second-order valence-electron chi connectivity index (χ2n) is 11.4. The van der Waals surface area contributed by atoms with Gasteiger partial charge >= 0.3 is 101 Å². The van der Waals surface area contributed by atoms with Crippen LogP contribution in [0, 0.1) is 0 Å². The molecule has 4 atom stereocenters. The van der Waals surface area contributed by atoms with Gasteiger partial charge in [-0.2, -0.15) is 0 Å². The van der Waals surface area contributed by atoms with Crippen molar-refractivity contribution in [1.82, 2.24) is 0 Å². The van der Waals surface area contributed by atoms with Crippen LogP contribution < -0.4 is 0 Å². The molecule has 0 bridgehead atoms. The summed E-state index contributed by atoms with van der Waals surface area (Å²) in [6, 6.07) is 10.4. The molecule has 96 valence electrons. The molecule has 10 aliphatic heterocycles. The zero-order chi connectivity index (χ0) is 11.7. The van der Waals surface area contributed by atoms with Gasteiger partial charge in [0.2, 0.25) is 0 Å². The number of fused-ring (bicyclic) bond motifs is 10. The van der Waals surface area contributed by atoms with E-state index in [1.165, 1.54) is 33.7 Å². The predicted molar refractivity (Wildman–Crippen MR) is 67.2 cm³/mol. The molecule has 1 spiro atoms. The molecular formula is C17H14FeO. The molecular weight excluding hydrogens is 276 g/mol. The maximum absolute atomic E-state index is 13.4. The molecule has 0 amide bonds. The Morgan fingerprint density at radius 3 is 1.74 bits per heavy atom. The molecule has 10 saturated heterocycles. The van der Waals surface area contributed by atoms with Crippen molar-refractivity contribution in [2.75, 3.05) is 0 Å². The molecule has 0 aliphatic carbocycles. The van der Waals surface area contributed by atoms with Crippen molar-refractivity contribution in [3.63, 3.8) is 0 Å². The van der Waals surface area contributed by atoms with Crippen LogP contribution in [0.5, 0.6) is 0 Å². The van der Waals surface area contributed by atoms with Crippen LogP contribution in [0.4, 0.5) is 0 Å². The van der Waals surface area contributed by atoms with Crippen LogP contribution in [0.25, 0.3) is 0 Å². The Bertz CT molecular complexity index is 1120. The number of rotatable bonds is 2. The quantitative estimate of drug-likeness (QED) is 0.573. The van der Waals surface area contributed by atoms with Crippen LogP contribution >= 0.6 is 0 Å². The number of Topliss-reactive ketones (excluding diaryl/α,β-unsaturated/α-hetero) is 1. The molecule has 10 fully saturated rings. The van der Waals surface area contributed by atoms with Gasteiger partial charge in [-0.1, -0.05) is 0 Å². The van der Waals surface area contributed by atoms with Crippen molar-refractivity contribution >= 4 is 5.78 Å². The van der Waals surface area contributed by atoms with E-state index in [9.17, 15) is 4.79 Å². The van der Waals surface area contributed by atoms with E-state index in [1.54, 1.807) is 0 Å². The van der Waals surface area contributed by atoms with Gasteiger partial charge in [0.05, 0.1) is 0 Å². The molecule has 0 saturated carbocycles. The van der Waals surface area contributed by atoms with Crippen LogP contribution in [-0.4, -0.2) is 5.78 Å². The number of hydrogen-bond donors (Lipinski definition) is 0. The van der Waals surface area contributed by atoms with Crippen molar-refractivity contribution in [3.05, 3.63) is 35.9 Å². The summed E-state index contributed by atoms with van der Waals surface area (Å²) in [5.74, 6) is 0.680. The van der Waals surface area contributed by atoms with E-state index in [4.69, 9.17) is 0 Å². The first-order chi connectivity index (χ1) is 9.06. The van der Waals surface area contributed by atoms with Gasteiger partial charge in [0, 0.05) is 0 Å². The van der Waals surface area contributed by atoms with Gasteiger partial charge < -0.3 is 0 Å². The third-order valence-electron chi connectivity index (χ3n) is 16.1. The molecule has 4 unspecified atom stereocenters. The summed E-state index contributed by atoms with van der Waals surface area (Å²) < 4.78 is 0.417. The molecule has 11 rings (SSSR count). The molecule has 10 aliphatic rings. The summed E-state index contributed by atoms with van der Waals surface area (Å²) >= 11 is 0. The second kappa shape index (κ2) is 0.600. The fraction of sp³-hybridized carbons (Fsp3) is 0.588. The Balaban J connectivity index is 1.45. The standard InChI is InChI=1S/C12H9O.C5H5.Fe/c13-12(11-8-4-5-9-11)10-6-2-1-3-7-10;1-2-4-5-3-1;/h1-9H;1-5H;. The van der Waals surface area contributed by atoms with E-state index in [0.717, 1.165) is 15.2 Å². The van der Waals surface area contributed by atoms with E-state index < -0.39 is 6.51 Å². The molecule has 1 aromatic carbocycles. The van der Waals surface area contributed by atoms with Crippen molar-refractivity contribution in [3.8, 4) is 0 Å². The number of carbonyl (C=O) groups is 1. The minimum absolute atomic E-state index is 0.417. The van der Waals surface area contributed by atoms with Crippen LogP contribution in [0.2, 0.25) is 47.7 Å². The van der Waals surface area contributed by atoms with Gasteiger partial charge in [0.1, 0.15) is 0 Å². The summed E-state index contributed by atoms with van der Waals surface area (Å²) in [6.45, 7) is -3.18. The van der Waals surface area contributed by atoms with Crippen LogP contribution in [0.15, 0.2) is 30.3 Å². The average molecular weight is 290 g/mol. The van der Waals surface area contributed by atoms with Gasteiger partial charge in [-0.25, -0.2) is 0 Å². The summed E-state index contributed by atoms with van der Waals surface area (Å²) in [7, 11) is 0. The summed E-state index contributed by atoms with van der Waals surface area (Å²) in [6.07, 6.45) is 0. The van der Waals surface area contributed by atoms with Gasteiger partial charge in [-0.3, -0.25) is 0 Å². The maximum atomic E-state index is 13.4. The Kier molecular flexibility index (Phi) is 0.218. The number of carbonyl (C=O) groups excluding carboxylic acids is 1. The third kappa shape index (κ3) is 0.0779. The topological polar surface area (TPSA) is 17.1 Å². The fourth-order valence-corrected chi connectivity index (χ4v) is 91.4. The van der Waals surface area contributed by atoms with Crippen LogP contribution in [0.1, 0.15) is 10.4 Å². The van der Waals surface area contributed by atoms with Gasteiger partial charge in [0.25, 0.3) is 0 Å². The number of hydrogen-bond acceptors (Lipinski definition) is 1. The molecule has 0 radical (unpaired) electrons. The minimum atomic E-state index is -3.18. The zero-order valence-corrected chi connectivity index (χ0v) is 11.4. The van der Waals surface area contributed by atoms with Gasteiger partial charge in [0.15, 0.2) is 0 Å². The Morgan fingerprint density at radius 1 is 0.842 bits per heavy atom. The van der Waals surface area contributed by atoms with Gasteiger partial charge in [-0.05, 0) is 0 Å². The normalized spacial score (nSPS) is 107. The summed E-state index contributed by atoms with van der Waals surface area (Å²) in [5.41, 5.74) is 1.08. The summed E-state index contributed by atoms with van der Waals surface area (Å²) in [5, 5.41) is 0. The molecule has 19 heavy (non-hydrogen) atoms. The molecule has 0 N–H and O–H groups in total. The molecule has 1 aromatic rings. The van der Waals surface area contributed by atoms with Crippen LogP contribution in [0.3, 0.4) is 0 Å². The van der Waals surface area contributed by atoms with E-state index in [-0.39, 0.29) is 0 Å². The molecule has 1 nitrogen and oxygen atoms in total. The van der Waals surface area contributed by atoms with E-state index in [0.29, 0.717) is 10.1 Å². The average Bonchev–Trinajstić information content (AvgIpc) is 3.39. The Labute approximate surface area is 101 Å². The van der Waals surface area contributed by atoms with Crippen molar-refractivity contribution in [1.29, 1.82) is 0 Å². The van der Waals surface area contributed by atoms with Crippen molar-refractivity contribution in [2.24, 2.45) is 0 Å². The van der Waals surface area contributed by atoms with E-state index >= 15 is 0 Å². The van der Waals surface area contributed by atoms with Gasteiger partial charge in [-0.15, -0.1) is 0 Å². The Morgan fingerprint density at radius 2 is 1.37 bits per heavy atom. The molecule has 2 heteroatoms. The first-order valence-electron chi connectivity index (χ1n) is 7.87. The molecule has 0 aromatic heterocycles. The first kappa shape index (κ1) is 6.91. The van der Waals surface area contributed by atoms with Crippen molar-refractivity contribution < 1.29 is 11.3 Å². The zero-order valence-electron chi connectivity index (χ0n) is 10.3. The van der Waals surface area contributed by atoms with Crippen LogP contribution in [-0.2, 0) is 6.51 Å². The SMILES string of the molecule is O=C(c1ccccc1)[C]12[CH]3[CH]4[CH]5[CH]1[Fe]45321678[CH]2[CH]1[CH]6[CH]7[CH]28. The predicted octanol–water partition coefficient (Wildman–Crippen LogP) is 4.63. The third-order valence-corrected chi connectivity index (χ3v) is 58.4. The monoisotopic (exact) mass is 290 g/mol. The van der Waals surface area contributed by atoms with Crippen molar-refractivity contribution in [2.45, 2.75) is 47.7 Å². The number of ketones is 1. The summed E-state index contributed by atoms with van der Waals surface area (Å²) in [4.78, 5) is 24.5. The van der Waals surface area contributed by atoms with E-state index in [1.807, 2.05) is 0 Å². The fourth-order valence-electron chi connectivity index (χ4n) is 17.6. The molecule has 10 heterocycles. The first-order valence-corrected chi connectivity index (χ1v) is 14.2. The second-order valence-corrected chi connectivity index (χ2v) is 34.9. The van der Waals surface area contributed by atoms with E-state index in [2.05, 4.69) is 30.3 Å². The number of benzene rings is 1.